The minimum absolute atomic E-state index is 0.176. The molecule has 2 atom stereocenters. The van der Waals surface area contributed by atoms with Gasteiger partial charge in [0.25, 0.3) is 0 Å². The zero-order valence-electron chi connectivity index (χ0n) is 9.42. The van der Waals surface area contributed by atoms with Crippen molar-refractivity contribution in [3.05, 3.63) is 12.2 Å². The molecule has 1 aliphatic carbocycles. The number of nitrogens with zero attached hydrogens (tertiary/aromatic N) is 1. The van der Waals surface area contributed by atoms with Gasteiger partial charge in [-0.3, -0.25) is 9.59 Å². The minimum atomic E-state index is -0.913. The molecule has 0 fully saturated rings. The molecule has 2 unspecified atom stereocenters. The Morgan fingerprint density at radius 1 is 1.47 bits per heavy atom. The summed E-state index contributed by atoms with van der Waals surface area (Å²) in [5, 5.41) is 11.4. The number of amides is 3. The van der Waals surface area contributed by atoms with Crippen molar-refractivity contribution in [2.75, 3.05) is 13.6 Å². The summed E-state index contributed by atoms with van der Waals surface area (Å²) in [6.07, 6.45) is 3.50. The van der Waals surface area contributed by atoms with Crippen LogP contribution in [0.2, 0.25) is 0 Å². The van der Waals surface area contributed by atoms with Gasteiger partial charge in [0.05, 0.1) is 12.0 Å². The molecule has 0 radical (unpaired) electrons. The summed E-state index contributed by atoms with van der Waals surface area (Å²) >= 11 is 0. The van der Waals surface area contributed by atoms with Gasteiger partial charge in [-0.2, -0.15) is 0 Å². The van der Waals surface area contributed by atoms with Crippen LogP contribution in [0.25, 0.3) is 0 Å². The second-order valence-electron chi connectivity index (χ2n) is 3.94. The van der Waals surface area contributed by atoms with E-state index in [1.54, 1.807) is 12.2 Å². The molecule has 1 aliphatic rings. The van der Waals surface area contributed by atoms with Gasteiger partial charge in [0.1, 0.15) is 6.54 Å². The summed E-state index contributed by atoms with van der Waals surface area (Å²) in [7, 11) is 1.44. The quantitative estimate of drug-likeness (QED) is 0.556. The van der Waals surface area contributed by atoms with Crippen LogP contribution in [0.1, 0.15) is 6.42 Å². The molecule has 1 rings (SSSR count). The van der Waals surface area contributed by atoms with Crippen molar-refractivity contribution in [1.82, 2.24) is 10.2 Å². The fourth-order valence-electron chi connectivity index (χ4n) is 1.56. The van der Waals surface area contributed by atoms with Crippen LogP contribution in [0.5, 0.6) is 0 Å². The van der Waals surface area contributed by atoms with Crippen molar-refractivity contribution in [2.45, 2.75) is 12.5 Å². The number of hydrogen-bond acceptors (Lipinski definition) is 3. The number of likely N-dealkylation sites (N-methyl/N-ethyl adjacent to an activating group) is 1. The highest BCUT2D eigenvalue weighted by Crippen LogP contribution is 2.17. The van der Waals surface area contributed by atoms with Crippen LogP contribution in [-0.4, -0.2) is 47.5 Å². The lowest BCUT2D eigenvalue weighted by Crippen LogP contribution is -2.45. The lowest BCUT2D eigenvalue weighted by Gasteiger charge is -2.19. The number of carboxylic acid groups (broad SMARTS) is 1. The maximum atomic E-state index is 11.5. The Kier molecular flexibility index (Phi) is 4.08. The zero-order valence-corrected chi connectivity index (χ0v) is 9.42. The van der Waals surface area contributed by atoms with Crippen LogP contribution in [-0.2, 0) is 9.59 Å². The van der Waals surface area contributed by atoms with Crippen LogP contribution in [0.3, 0.4) is 0 Å². The molecule has 0 heterocycles. The number of nitrogens with two attached hydrogens (primary N) is 1. The van der Waals surface area contributed by atoms with Gasteiger partial charge in [-0.15, -0.1) is 0 Å². The molecule has 94 valence electrons. The van der Waals surface area contributed by atoms with Gasteiger partial charge in [-0.05, 0) is 6.42 Å². The van der Waals surface area contributed by atoms with Crippen LogP contribution in [0, 0.1) is 5.92 Å². The van der Waals surface area contributed by atoms with E-state index in [1.807, 2.05) is 0 Å². The van der Waals surface area contributed by atoms with E-state index in [-0.39, 0.29) is 12.6 Å². The van der Waals surface area contributed by atoms with E-state index in [0.29, 0.717) is 6.42 Å². The van der Waals surface area contributed by atoms with Crippen LogP contribution in [0.15, 0.2) is 12.2 Å². The normalized spacial score (nSPS) is 22.2. The first-order valence-corrected chi connectivity index (χ1v) is 5.11. The highest BCUT2D eigenvalue weighted by Gasteiger charge is 2.26. The third-order valence-electron chi connectivity index (χ3n) is 2.45. The molecule has 0 aromatic heterocycles. The average molecular weight is 241 g/mol. The summed E-state index contributed by atoms with van der Waals surface area (Å²) in [6.45, 7) is -0.176. The Balaban J connectivity index is 2.41. The number of urea groups is 1. The first-order chi connectivity index (χ1) is 7.90. The third-order valence-corrected chi connectivity index (χ3v) is 2.45. The Bertz CT molecular complexity index is 367. The number of nitrogens with one attached hydrogen (secondary N) is 1. The number of hydrogen-bond donors (Lipinski definition) is 3. The Morgan fingerprint density at radius 3 is 2.59 bits per heavy atom. The average Bonchev–Trinajstić information content (AvgIpc) is 2.65. The predicted octanol–water partition coefficient (Wildman–Crippen LogP) is -0.858. The van der Waals surface area contributed by atoms with E-state index < -0.39 is 23.8 Å². The van der Waals surface area contributed by atoms with Crippen molar-refractivity contribution >= 4 is 17.9 Å². The van der Waals surface area contributed by atoms with Gasteiger partial charge in [0, 0.05) is 7.05 Å². The fraction of sp³-hybridized carbons (Fsp3) is 0.500. The standard InChI is InChI=1S/C10H15N3O4/c1-13(5-8(11)14)10(17)12-7-3-2-6(4-7)9(15)16/h2-3,6-7H,4-5H2,1H3,(H2,11,14)(H,12,17)(H,15,16). The number of carboxylic acids is 1. The Labute approximate surface area is 98.3 Å². The van der Waals surface area contributed by atoms with Crippen molar-refractivity contribution in [3.8, 4) is 0 Å². The summed E-state index contributed by atoms with van der Waals surface area (Å²) in [5.41, 5.74) is 4.95. The molecule has 0 aromatic carbocycles. The molecule has 0 aliphatic heterocycles. The van der Waals surface area contributed by atoms with Gasteiger partial charge in [-0.1, -0.05) is 12.2 Å². The highest BCUT2D eigenvalue weighted by atomic mass is 16.4. The largest absolute Gasteiger partial charge is 0.481 e. The maximum Gasteiger partial charge on any atom is 0.318 e. The number of rotatable bonds is 4. The molecule has 0 saturated heterocycles. The van der Waals surface area contributed by atoms with Gasteiger partial charge in [-0.25, -0.2) is 4.79 Å². The molecule has 0 saturated carbocycles. The maximum absolute atomic E-state index is 11.5. The molecule has 3 amide bonds. The molecule has 7 nitrogen and oxygen atoms in total. The number of carbonyl (C=O) groups excluding carboxylic acids is 2. The van der Waals surface area contributed by atoms with E-state index in [1.165, 1.54) is 7.05 Å². The van der Waals surface area contributed by atoms with E-state index >= 15 is 0 Å². The molecule has 0 bridgehead atoms. The molecule has 0 spiro atoms. The van der Waals surface area contributed by atoms with E-state index in [0.717, 1.165) is 4.90 Å². The lowest BCUT2D eigenvalue weighted by atomic mass is 10.1. The lowest BCUT2D eigenvalue weighted by molar-refractivity contribution is -0.140. The number of aliphatic carboxylic acids is 1. The first kappa shape index (κ1) is 13.0. The second kappa shape index (κ2) is 5.33. The van der Waals surface area contributed by atoms with Crippen LogP contribution >= 0.6 is 0 Å². The molecular weight excluding hydrogens is 226 g/mol. The molecule has 7 heteroatoms. The summed E-state index contributed by atoms with van der Waals surface area (Å²) in [5.74, 6) is -2.08. The van der Waals surface area contributed by atoms with E-state index in [9.17, 15) is 14.4 Å². The van der Waals surface area contributed by atoms with Gasteiger partial charge in [0.15, 0.2) is 0 Å². The van der Waals surface area contributed by atoms with E-state index in [4.69, 9.17) is 10.8 Å². The fourth-order valence-corrected chi connectivity index (χ4v) is 1.56. The molecule has 0 aromatic rings. The first-order valence-electron chi connectivity index (χ1n) is 5.11. The summed E-state index contributed by atoms with van der Waals surface area (Å²) in [6, 6.07) is -0.775. The van der Waals surface area contributed by atoms with Crippen molar-refractivity contribution in [1.29, 1.82) is 0 Å². The van der Waals surface area contributed by atoms with Crippen molar-refractivity contribution in [3.63, 3.8) is 0 Å². The molecule has 17 heavy (non-hydrogen) atoms. The van der Waals surface area contributed by atoms with Crippen molar-refractivity contribution < 1.29 is 19.5 Å². The topological polar surface area (TPSA) is 113 Å². The Morgan fingerprint density at radius 2 is 2.12 bits per heavy atom. The van der Waals surface area contributed by atoms with E-state index in [2.05, 4.69) is 5.32 Å². The van der Waals surface area contributed by atoms with Gasteiger partial charge < -0.3 is 21.1 Å². The molecule has 4 N–H and O–H groups in total. The summed E-state index contributed by atoms with van der Waals surface area (Å²) < 4.78 is 0. The zero-order chi connectivity index (χ0) is 13.0. The predicted molar refractivity (Wildman–Crippen MR) is 59.0 cm³/mol. The second-order valence-corrected chi connectivity index (χ2v) is 3.94. The Hall–Kier alpha value is -2.05. The number of carbonyl (C=O) groups is 3. The van der Waals surface area contributed by atoms with Gasteiger partial charge >= 0.3 is 12.0 Å². The van der Waals surface area contributed by atoms with Crippen molar-refractivity contribution in [2.24, 2.45) is 11.7 Å². The van der Waals surface area contributed by atoms with Crippen LogP contribution < -0.4 is 11.1 Å². The summed E-state index contributed by atoms with van der Waals surface area (Å²) in [4.78, 5) is 34.0. The highest BCUT2D eigenvalue weighted by molar-refractivity contribution is 5.83. The molecular formula is C10H15N3O4. The van der Waals surface area contributed by atoms with Crippen LogP contribution in [0.4, 0.5) is 4.79 Å². The monoisotopic (exact) mass is 241 g/mol. The third kappa shape index (κ3) is 3.78. The smallest absolute Gasteiger partial charge is 0.318 e. The SMILES string of the molecule is CN(CC(N)=O)C(=O)NC1C=CC(C(=O)O)C1. The van der Waals surface area contributed by atoms with Gasteiger partial charge in [0.2, 0.25) is 5.91 Å². The number of primary amides is 1. The minimum Gasteiger partial charge on any atom is -0.481 e.